The molecule has 14 nitrogen and oxygen atoms in total. The van der Waals surface area contributed by atoms with Crippen molar-refractivity contribution in [1.29, 1.82) is 0 Å². The molecule has 4 heterocycles. The van der Waals surface area contributed by atoms with Crippen molar-refractivity contribution < 1.29 is 36.6 Å². The number of benzene rings is 4. The van der Waals surface area contributed by atoms with Gasteiger partial charge in [0.1, 0.15) is 0 Å². The Kier molecular flexibility index (Phi) is 18.8. The number of rotatable bonds is 8. The molecule has 0 atom stereocenters. The predicted octanol–water partition coefficient (Wildman–Crippen LogP) is 7.50. The van der Waals surface area contributed by atoms with Gasteiger partial charge in [0, 0.05) is 141 Å². The minimum atomic E-state index is -0.985. The first kappa shape index (κ1) is 50.3. The van der Waals surface area contributed by atoms with Crippen LogP contribution in [0, 0.1) is 0 Å². The molecule has 0 unspecified atom stereocenters. The first-order chi connectivity index (χ1) is 30.4. The van der Waals surface area contributed by atoms with Crippen LogP contribution in [-0.2, 0) is 43.2 Å². The zero-order valence-corrected chi connectivity index (χ0v) is 39.8. The number of hydrogen-bond acceptors (Lipinski definition) is 8. The molecule has 4 aromatic carbocycles. The first-order valence-corrected chi connectivity index (χ1v) is 26.9. The smallest absolute Gasteiger partial charge is 0.335 e. The normalized spacial score (nSPS) is 10.6. The maximum absolute atomic E-state index is 11.6. The van der Waals surface area contributed by atoms with Crippen molar-refractivity contribution in [1.82, 2.24) is 28.2 Å². The molecule has 18 heteroatoms. The van der Waals surface area contributed by atoms with Crippen molar-refractivity contribution in [3.63, 3.8) is 0 Å². The molecule has 8 rings (SSSR count). The van der Waals surface area contributed by atoms with E-state index in [2.05, 4.69) is 31.2 Å². The lowest BCUT2D eigenvalue weighted by molar-refractivity contribution is 0.0686. The quantitative estimate of drug-likeness (QED) is 0.154. The molecule has 0 aliphatic rings. The monoisotopic (exact) mass is 942 g/mol. The Bertz CT molecular complexity index is 2620. The van der Waals surface area contributed by atoms with Crippen molar-refractivity contribution in [2.45, 2.75) is 0 Å². The lowest BCUT2D eigenvalue weighted by atomic mass is 10.1. The highest BCUT2D eigenvalue weighted by atomic mass is 32.2. The maximum Gasteiger partial charge on any atom is 0.335 e. The molecule has 8 aromatic rings. The van der Waals surface area contributed by atoms with Gasteiger partial charge in [0.15, 0.2) is 0 Å². The summed E-state index contributed by atoms with van der Waals surface area (Å²) in [5.41, 5.74) is 9.45. The van der Waals surface area contributed by atoms with Crippen LogP contribution in [0.15, 0.2) is 147 Å². The van der Waals surface area contributed by atoms with E-state index in [1.807, 2.05) is 94.3 Å². The Morgan fingerprint density at radius 3 is 0.938 bits per heavy atom. The molecule has 0 radical (unpaired) electrons. The zero-order chi connectivity index (χ0) is 47.1. The molecule has 0 spiro atoms. The molecule has 0 amide bonds. The second kappa shape index (κ2) is 23.9. The number of fused-ring (bicyclic) bond motifs is 1. The van der Waals surface area contributed by atoms with E-state index < -0.39 is 55.1 Å². The fraction of sp³-hybridized carbons (Fsp3) is 0.174. The maximum atomic E-state index is 11.6. The van der Waals surface area contributed by atoms with Gasteiger partial charge >= 0.3 is 11.9 Å². The van der Waals surface area contributed by atoms with Crippen LogP contribution < -0.4 is 0 Å². The van der Waals surface area contributed by atoms with Crippen molar-refractivity contribution in [3.8, 4) is 45.3 Å². The molecular weight excluding hydrogens is 893 g/mol. The fourth-order valence-corrected chi connectivity index (χ4v) is 6.07. The SMILES string of the molecule is CS(C)=O.CS(C)=O.CS(C)=O.CS(C)=O.O=C(O)c1ccc(-c2cc3c(cc(-c4ccc(C(=O)O)cc4)n3-c3ccc(-n4ccnc4)cc3)n2-c2ccc(-n3ccnc3)cc2)cc1. The molecule has 0 fully saturated rings. The number of nitrogens with zero attached hydrogens (tertiary/aromatic N) is 6. The molecule has 64 heavy (non-hydrogen) atoms. The number of carboxylic acid groups (broad SMARTS) is 2. The van der Waals surface area contributed by atoms with Crippen LogP contribution in [0.25, 0.3) is 56.3 Å². The Morgan fingerprint density at radius 2 is 0.703 bits per heavy atom. The molecule has 4 aromatic heterocycles. The summed E-state index contributed by atoms with van der Waals surface area (Å²) in [6, 6.07) is 34.2. The summed E-state index contributed by atoms with van der Waals surface area (Å²) < 4.78 is 46.4. The Morgan fingerprint density at radius 1 is 0.438 bits per heavy atom. The van der Waals surface area contributed by atoms with Gasteiger partial charge in [-0.05, 0) is 96.1 Å². The Labute approximate surface area is 382 Å². The third-order valence-corrected chi connectivity index (χ3v) is 8.45. The highest BCUT2D eigenvalue weighted by molar-refractivity contribution is 7.84. The lowest BCUT2D eigenvalue weighted by Crippen LogP contribution is -1.99. The number of aromatic carboxylic acids is 2. The Balaban J connectivity index is 0.000000487. The number of imidazole rings is 2. The van der Waals surface area contributed by atoms with Crippen LogP contribution >= 0.6 is 0 Å². The average molecular weight is 943 g/mol. The first-order valence-electron chi connectivity index (χ1n) is 19.0. The number of aromatic nitrogens is 6. The second-order valence-corrected chi connectivity index (χ2v) is 20.1. The third kappa shape index (κ3) is 14.3. The minimum absolute atomic E-state index is 0.209. The topological polar surface area (TPSA) is 188 Å². The third-order valence-electron chi connectivity index (χ3n) is 8.45. The van der Waals surface area contributed by atoms with Gasteiger partial charge in [0.2, 0.25) is 0 Å². The zero-order valence-electron chi connectivity index (χ0n) is 36.5. The summed E-state index contributed by atoms with van der Waals surface area (Å²) in [4.78, 5) is 31.6. The molecular formula is C46H50N6O8S4. The van der Waals surface area contributed by atoms with E-state index in [0.717, 1.165) is 56.3 Å². The van der Waals surface area contributed by atoms with Gasteiger partial charge in [0.05, 0.1) is 46.2 Å². The van der Waals surface area contributed by atoms with Gasteiger partial charge in [-0.3, -0.25) is 16.8 Å². The summed E-state index contributed by atoms with van der Waals surface area (Å²) in [5.74, 6) is -1.97. The number of carbonyl (C=O) groups is 2. The average Bonchev–Trinajstić information content (AvgIpc) is 4.07. The summed E-state index contributed by atoms with van der Waals surface area (Å²) in [6.07, 6.45) is 23.8. The van der Waals surface area contributed by atoms with E-state index in [1.54, 1.807) is 99.4 Å². The molecule has 0 saturated heterocycles. The van der Waals surface area contributed by atoms with Crippen LogP contribution in [0.1, 0.15) is 20.7 Å². The van der Waals surface area contributed by atoms with E-state index in [-0.39, 0.29) is 11.1 Å². The molecule has 336 valence electrons. The highest BCUT2D eigenvalue weighted by Gasteiger charge is 2.21. The fourth-order valence-electron chi connectivity index (χ4n) is 6.07. The molecule has 0 bridgehead atoms. The van der Waals surface area contributed by atoms with Crippen molar-refractivity contribution in [2.75, 3.05) is 50.0 Å². The minimum Gasteiger partial charge on any atom is -0.478 e. The standard InChI is InChI=1S/C38H26N6O4.4C2H6OS/c45-37(46)27-5-1-25(2-6-27)33-21-35-36(43(33)31-13-9-29(10-14-31)41-19-17-39-23-41)22-34(26-3-7-28(8-4-26)38(47)48)44(35)32-15-11-30(12-16-32)42-20-18-40-24-42;4*1-4(2)3/h1-24H,(H,45,46)(H,47,48);4*1-2H3. The van der Waals surface area contributed by atoms with Crippen LogP contribution in [0.5, 0.6) is 0 Å². The second-order valence-electron chi connectivity index (χ2n) is 14.2. The van der Waals surface area contributed by atoms with E-state index in [4.69, 9.17) is 0 Å². The largest absolute Gasteiger partial charge is 0.478 e. The van der Waals surface area contributed by atoms with Gasteiger partial charge in [0.25, 0.3) is 0 Å². The number of carboxylic acids is 2. The van der Waals surface area contributed by atoms with E-state index >= 15 is 0 Å². The van der Waals surface area contributed by atoms with Gasteiger partial charge in [-0.15, -0.1) is 0 Å². The summed E-state index contributed by atoms with van der Waals surface area (Å²) in [5, 5.41) is 19.1. The summed E-state index contributed by atoms with van der Waals surface area (Å²) >= 11 is 0. The van der Waals surface area contributed by atoms with Crippen LogP contribution in [0.4, 0.5) is 0 Å². The molecule has 0 saturated carbocycles. The van der Waals surface area contributed by atoms with Crippen molar-refractivity contribution >= 4 is 66.2 Å². The van der Waals surface area contributed by atoms with Gasteiger partial charge in [-0.1, -0.05) is 24.3 Å². The highest BCUT2D eigenvalue weighted by Crippen LogP contribution is 2.39. The molecule has 0 aliphatic heterocycles. The van der Waals surface area contributed by atoms with Crippen LogP contribution in [0.3, 0.4) is 0 Å². The van der Waals surface area contributed by atoms with E-state index in [9.17, 15) is 36.6 Å². The van der Waals surface area contributed by atoms with Gasteiger partial charge in [-0.2, -0.15) is 0 Å². The van der Waals surface area contributed by atoms with E-state index in [0.29, 0.717) is 0 Å². The van der Waals surface area contributed by atoms with Gasteiger partial charge < -0.3 is 28.5 Å². The van der Waals surface area contributed by atoms with Crippen LogP contribution in [0.2, 0.25) is 0 Å². The molecule has 2 N–H and O–H groups in total. The predicted molar refractivity (Wildman–Crippen MR) is 262 cm³/mol. The Hall–Kier alpha value is -6.34. The summed E-state index contributed by atoms with van der Waals surface area (Å²) in [6.45, 7) is 0. The summed E-state index contributed by atoms with van der Waals surface area (Å²) in [7, 11) is -2.44. The van der Waals surface area contributed by atoms with Crippen molar-refractivity contribution in [2.24, 2.45) is 0 Å². The number of hydrogen-bond donors (Lipinski definition) is 2. The molecule has 0 aliphatic carbocycles. The lowest BCUT2D eigenvalue weighted by Gasteiger charge is -2.13. The van der Waals surface area contributed by atoms with E-state index in [1.165, 1.54) is 0 Å². The van der Waals surface area contributed by atoms with Crippen LogP contribution in [-0.4, -0.2) is 117 Å². The van der Waals surface area contributed by atoms with Gasteiger partial charge in [-0.25, -0.2) is 19.6 Å². The van der Waals surface area contributed by atoms with Crippen molar-refractivity contribution in [3.05, 3.63) is 158 Å².